The maximum atomic E-state index is 12.3. The second kappa shape index (κ2) is 5.96. The van der Waals surface area contributed by atoms with Crippen LogP contribution in [0.5, 0.6) is 0 Å². The fourth-order valence-electron chi connectivity index (χ4n) is 3.49. The lowest BCUT2D eigenvalue weighted by Gasteiger charge is -2.44. The molecule has 2 bridgehead atoms. The molecule has 20 heavy (non-hydrogen) atoms. The van der Waals surface area contributed by atoms with Crippen LogP contribution < -0.4 is 5.32 Å². The number of hydrogen-bond donors (Lipinski definition) is 1. The first-order valence-electron chi connectivity index (χ1n) is 7.88. The normalized spacial score (nSPS) is 28.4. The van der Waals surface area contributed by atoms with Gasteiger partial charge in [-0.2, -0.15) is 0 Å². The summed E-state index contributed by atoms with van der Waals surface area (Å²) < 4.78 is 0. The van der Waals surface area contributed by atoms with E-state index in [2.05, 4.69) is 29.3 Å². The van der Waals surface area contributed by atoms with E-state index >= 15 is 0 Å². The predicted octanol–water partition coefficient (Wildman–Crippen LogP) is 2.46. The lowest BCUT2D eigenvalue weighted by atomic mass is 9.84. The molecule has 0 unspecified atom stereocenters. The molecule has 3 saturated heterocycles. The van der Waals surface area contributed by atoms with Gasteiger partial charge in [0, 0.05) is 18.2 Å². The van der Waals surface area contributed by atoms with Crippen LogP contribution in [0.25, 0.3) is 0 Å². The number of aryl methyl sites for hydroxylation is 1. The number of carbonyl (C=O) groups excluding carboxylic acids is 1. The summed E-state index contributed by atoms with van der Waals surface area (Å²) in [6.45, 7) is 5.63. The molecule has 4 rings (SSSR count). The molecule has 1 amide bonds. The SMILES string of the molecule is CCCc1ccc(C(=O)N[C@@H]2CN3CCC2CC3)cc1. The molecule has 1 aromatic rings. The van der Waals surface area contributed by atoms with Gasteiger partial charge in [0.1, 0.15) is 0 Å². The molecule has 0 radical (unpaired) electrons. The lowest BCUT2D eigenvalue weighted by molar-refractivity contribution is 0.0620. The van der Waals surface area contributed by atoms with Crippen molar-refractivity contribution < 1.29 is 4.79 Å². The van der Waals surface area contributed by atoms with Gasteiger partial charge in [-0.1, -0.05) is 25.5 Å². The topological polar surface area (TPSA) is 32.3 Å². The minimum atomic E-state index is 0.0896. The Morgan fingerprint density at radius 2 is 1.95 bits per heavy atom. The zero-order valence-electron chi connectivity index (χ0n) is 12.3. The Balaban J connectivity index is 1.61. The fraction of sp³-hybridized carbons (Fsp3) is 0.588. The molecule has 0 aliphatic carbocycles. The second-order valence-electron chi connectivity index (χ2n) is 6.16. The van der Waals surface area contributed by atoms with Crippen LogP contribution in [0.4, 0.5) is 0 Å². The zero-order valence-corrected chi connectivity index (χ0v) is 12.3. The van der Waals surface area contributed by atoms with Crippen LogP contribution in [0.1, 0.15) is 42.1 Å². The van der Waals surface area contributed by atoms with Gasteiger partial charge in [-0.25, -0.2) is 0 Å². The van der Waals surface area contributed by atoms with Gasteiger partial charge in [0.25, 0.3) is 5.91 Å². The number of nitrogens with zero attached hydrogens (tertiary/aromatic N) is 1. The van der Waals surface area contributed by atoms with Crippen molar-refractivity contribution in [1.82, 2.24) is 10.2 Å². The highest BCUT2D eigenvalue weighted by molar-refractivity contribution is 5.94. The molecule has 0 saturated carbocycles. The minimum Gasteiger partial charge on any atom is -0.348 e. The Labute approximate surface area is 121 Å². The molecule has 3 aliphatic heterocycles. The summed E-state index contributed by atoms with van der Waals surface area (Å²) in [5.41, 5.74) is 2.10. The minimum absolute atomic E-state index is 0.0896. The van der Waals surface area contributed by atoms with Gasteiger partial charge >= 0.3 is 0 Å². The summed E-state index contributed by atoms with van der Waals surface area (Å²) in [5.74, 6) is 0.773. The van der Waals surface area contributed by atoms with E-state index in [1.807, 2.05) is 12.1 Å². The van der Waals surface area contributed by atoms with Gasteiger partial charge in [-0.05, 0) is 56.0 Å². The van der Waals surface area contributed by atoms with Gasteiger partial charge in [0.2, 0.25) is 0 Å². The number of amides is 1. The van der Waals surface area contributed by atoms with Crippen LogP contribution >= 0.6 is 0 Å². The summed E-state index contributed by atoms with van der Waals surface area (Å²) in [6, 6.07) is 8.42. The molecule has 1 atom stereocenters. The Kier molecular flexibility index (Phi) is 4.06. The van der Waals surface area contributed by atoms with Crippen molar-refractivity contribution in [1.29, 1.82) is 0 Å². The fourth-order valence-corrected chi connectivity index (χ4v) is 3.49. The summed E-state index contributed by atoms with van der Waals surface area (Å²) in [6.07, 6.45) is 4.70. The van der Waals surface area contributed by atoms with Crippen LogP contribution in [-0.2, 0) is 6.42 Å². The standard InChI is InChI=1S/C17H24N2O/c1-2-3-13-4-6-15(7-5-13)17(20)18-16-12-19-10-8-14(16)9-11-19/h4-7,14,16H,2-3,8-12H2,1H3,(H,18,20)/t16-/m1/s1. The van der Waals surface area contributed by atoms with Crippen LogP contribution in [-0.4, -0.2) is 36.5 Å². The van der Waals surface area contributed by atoms with Crippen LogP contribution in [0.3, 0.4) is 0 Å². The van der Waals surface area contributed by atoms with Crippen molar-refractivity contribution in [3.63, 3.8) is 0 Å². The summed E-state index contributed by atoms with van der Waals surface area (Å²) >= 11 is 0. The molecule has 1 aromatic carbocycles. The lowest BCUT2D eigenvalue weighted by Crippen LogP contribution is -2.57. The highest BCUT2D eigenvalue weighted by atomic mass is 16.1. The predicted molar refractivity (Wildman–Crippen MR) is 80.9 cm³/mol. The first kappa shape index (κ1) is 13.6. The van der Waals surface area contributed by atoms with Crippen molar-refractivity contribution >= 4 is 5.91 Å². The number of hydrogen-bond acceptors (Lipinski definition) is 2. The molecular weight excluding hydrogens is 248 g/mol. The van der Waals surface area contributed by atoms with Crippen LogP contribution in [0.2, 0.25) is 0 Å². The van der Waals surface area contributed by atoms with E-state index in [-0.39, 0.29) is 5.91 Å². The maximum Gasteiger partial charge on any atom is 0.251 e. The number of benzene rings is 1. The molecule has 3 fully saturated rings. The number of rotatable bonds is 4. The van der Waals surface area contributed by atoms with Gasteiger partial charge in [-0.3, -0.25) is 4.79 Å². The molecule has 0 aromatic heterocycles. The van der Waals surface area contributed by atoms with E-state index in [0.29, 0.717) is 12.0 Å². The van der Waals surface area contributed by atoms with Crippen molar-refractivity contribution in [2.24, 2.45) is 5.92 Å². The van der Waals surface area contributed by atoms with E-state index in [1.165, 1.54) is 31.5 Å². The van der Waals surface area contributed by atoms with Crippen LogP contribution in [0.15, 0.2) is 24.3 Å². The quantitative estimate of drug-likeness (QED) is 0.913. The molecule has 0 spiro atoms. The molecule has 3 heteroatoms. The molecular formula is C17H24N2O. The Bertz CT molecular complexity index is 460. The van der Waals surface area contributed by atoms with E-state index in [1.54, 1.807) is 0 Å². The highest BCUT2D eigenvalue weighted by Gasteiger charge is 2.34. The third kappa shape index (κ3) is 2.88. The number of fused-ring (bicyclic) bond motifs is 3. The molecule has 3 heterocycles. The summed E-state index contributed by atoms with van der Waals surface area (Å²) in [7, 11) is 0. The maximum absolute atomic E-state index is 12.3. The second-order valence-corrected chi connectivity index (χ2v) is 6.16. The van der Waals surface area contributed by atoms with Gasteiger partial charge in [-0.15, -0.1) is 0 Å². The average molecular weight is 272 g/mol. The van der Waals surface area contributed by atoms with Gasteiger partial charge in [0.15, 0.2) is 0 Å². The zero-order chi connectivity index (χ0) is 13.9. The largest absolute Gasteiger partial charge is 0.348 e. The monoisotopic (exact) mass is 272 g/mol. The number of carbonyl (C=O) groups is 1. The number of piperidine rings is 3. The Morgan fingerprint density at radius 1 is 1.25 bits per heavy atom. The first-order chi connectivity index (χ1) is 9.76. The third-order valence-electron chi connectivity index (χ3n) is 4.73. The van der Waals surface area contributed by atoms with Crippen molar-refractivity contribution in [3.05, 3.63) is 35.4 Å². The Hall–Kier alpha value is -1.35. The van der Waals surface area contributed by atoms with E-state index in [9.17, 15) is 4.79 Å². The third-order valence-corrected chi connectivity index (χ3v) is 4.73. The number of nitrogens with one attached hydrogen (secondary N) is 1. The summed E-state index contributed by atoms with van der Waals surface area (Å²) in [4.78, 5) is 14.8. The summed E-state index contributed by atoms with van der Waals surface area (Å²) in [5, 5.41) is 3.24. The molecule has 3 nitrogen and oxygen atoms in total. The van der Waals surface area contributed by atoms with Gasteiger partial charge in [0.05, 0.1) is 0 Å². The van der Waals surface area contributed by atoms with E-state index in [0.717, 1.165) is 24.9 Å². The van der Waals surface area contributed by atoms with E-state index in [4.69, 9.17) is 0 Å². The first-order valence-corrected chi connectivity index (χ1v) is 7.88. The molecule has 1 N–H and O–H groups in total. The molecule has 108 valence electrons. The average Bonchev–Trinajstić information content (AvgIpc) is 2.49. The molecule has 3 aliphatic rings. The van der Waals surface area contributed by atoms with E-state index < -0.39 is 0 Å². The van der Waals surface area contributed by atoms with Crippen molar-refractivity contribution in [2.45, 2.75) is 38.6 Å². The van der Waals surface area contributed by atoms with Gasteiger partial charge < -0.3 is 10.2 Å². The Morgan fingerprint density at radius 3 is 2.50 bits per heavy atom. The van der Waals surface area contributed by atoms with Crippen LogP contribution in [0, 0.1) is 5.92 Å². The van der Waals surface area contributed by atoms with Crippen molar-refractivity contribution in [2.75, 3.05) is 19.6 Å². The highest BCUT2D eigenvalue weighted by Crippen LogP contribution is 2.27. The van der Waals surface area contributed by atoms with Crippen molar-refractivity contribution in [3.8, 4) is 0 Å². The smallest absolute Gasteiger partial charge is 0.251 e.